The van der Waals surface area contributed by atoms with Gasteiger partial charge in [0.15, 0.2) is 23.9 Å². The topological polar surface area (TPSA) is 92.1 Å². The minimum absolute atomic E-state index is 0.0355. The molecule has 1 amide bonds. The van der Waals surface area contributed by atoms with Crippen LogP contribution in [0, 0.1) is 0 Å². The van der Waals surface area contributed by atoms with E-state index in [0.29, 0.717) is 25.5 Å². The summed E-state index contributed by atoms with van der Waals surface area (Å²) in [6.07, 6.45) is 3.34. The lowest BCUT2D eigenvalue weighted by Gasteiger charge is -2.26. The third-order valence-corrected chi connectivity index (χ3v) is 6.05. The molecule has 0 bridgehead atoms. The first-order chi connectivity index (χ1) is 17.1. The number of carbonyl (C=O) groups excluding carboxylic acids is 2. The number of hydrogen-bond donors (Lipinski definition) is 0. The molecular weight excluding hydrogens is 450 g/mol. The predicted molar refractivity (Wildman–Crippen MR) is 126 cm³/mol. The van der Waals surface area contributed by atoms with Gasteiger partial charge in [-0.05, 0) is 49.6 Å². The Balaban J connectivity index is 1.32. The third kappa shape index (κ3) is 4.80. The van der Waals surface area contributed by atoms with E-state index in [1.807, 2.05) is 53.4 Å². The molecule has 1 unspecified atom stereocenters. The molecule has 0 aliphatic carbocycles. The Kier molecular flexibility index (Phi) is 6.56. The molecule has 0 saturated carbocycles. The first kappa shape index (κ1) is 22.8. The molecule has 0 spiro atoms. The Bertz CT molecular complexity index is 1210. The van der Waals surface area contributed by atoms with E-state index in [4.69, 9.17) is 18.9 Å². The zero-order valence-electron chi connectivity index (χ0n) is 19.5. The van der Waals surface area contributed by atoms with Crippen molar-refractivity contribution in [3.63, 3.8) is 0 Å². The fraction of sp³-hybridized carbons (Fsp3) is 0.346. The number of carbonyl (C=O) groups is 2. The number of fused-ring (bicyclic) bond motifs is 1. The van der Waals surface area contributed by atoms with Crippen molar-refractivity contribution in [1.82, 2.24) is 14.7 Å². The highest BCUT2D eigenvalue weighted by atomic mass is 16.6. The van der Waals surface area contributed by atoms with E-state index in [1.165, 1.54) is 0 Å². The number of aromatic nitrogens is 2. The van der Waals surface area contributed by atoms with E-state index in [9.17, 15) is 9.59 Å². The number of likely N-dealkylation sites (tertiary alicyclic amines) is 1. The van der Waals surface area contributed by atoms with Gasteiger partial charge in [0.1, 0.15) is 13.2 Å². The van der Waals surface area contributed by atoms with Crippen molar-refractivity contribution >= 4 is 11.9 Å². The van der Waals surface area contributed by atoms with Crippen LogP contribution in [0.15, 0.2) is 54.7 Å². The van der Waals surface area contributed by atoms with E-state index < -0.39 is 5.97 Å². The first-order valence-electron chi connectivity index (χ1n) is 11.8. The molecule has 1 fully saturated rings. The molecule has 5 rings (SSSR count). The summed E-state index contributed by atoms with van der Waals surface area (Å²) in [5.74, 6) is 0.873. The summed E-state index contributed by atoms with van der Waals surface area (Å²) in [5.41, 5.74) is 1.80. The van der Waals surface area contributed by atoms with Gasteiger partial charge in [-0.15, -0.1) is 0 Å². The molecule has 1 saturated heterocycles. The number of benzene rings is 2. The minimum Gasteiger partial charge on any atom is -0.486 e. The SMILES string of the molecule is CCOC(=O)c1nn(-c2ccccc2)cc1OCC(=O)N1CCCC1c1ccc2c(c1)OCCO2. The van der Waals surface area contributed by atoms with Crippen LogP contribution >= 0.6 is 0 Å². The molecule has 0 radical (unpaired) electrons. The summed E-state index contributed by atoms with van der Waals surface area (Å²) < 4.78 is 23.8. The number of para-hydroxylation sites is 1. The van der Waals surface area contributed by atoms with Crippen molar-refractivity contribution in [2.75, 3.05) is 33.0 Å². The van der Waals surface area contributed by atoms with Gasteiger partial charge in [-0.25, -0.2) is 9.48 Å². The van der Waals surface area contributed by atoms with Gasteiger partial charge >= 0.3 is 5.97 Å². The van der Waals surface area contributed by atoms with Crippen LogP contribution in [0.2, 0.25) is 0 Å². The number of esters is 1. The van der Waals surface area contributed by atoms with Gasteiger partial charge in [-0.2, -0.15) is 5.10 Å². The first-order valence-corrected chi connectivity index (χ1v) is 11.8. The maximum Gasteiger partial charge on any atom is 0.362 e. The van der Waals surface area contributed by atoms with Gasteiger partial charge in [0.2, 0.25) is 5.69 Å². The maximum atomic E-state index is 13.2. The second kappa shape index (κ2) is 10.1. The third-order valence-electron chi connectivity index (χ3n) is 6.05. The van der Waals surface area contributed by atoms with Gasteiger partial charge in [0, 0.05) is 6.54 Å². The average molecular weight is 478 g/mol. The lowest BCUT2D eigenvalue weighted by molar-refractivity contribution is -0.134. The van der Waals surface area contributed by atoms with Crippen LogP contribution in [0.3, 0.4) is 0 Å². The molecule has 3 heterocycles. The van der Waals surface area contributed by atoms with Gasteiger partial charge in [-0.3, -0.25) is 4.79 Å². The van der Waals surface area contributed by atoms with Crippen LogP contribution in [-0.2, 0) is 9.53 Å². The number of rotatable bonds is 7. The highest BCUT2D eigenvalue weighted by Crippen LogP contribution is 2.38. The second-order valence-corrected chi connectivity index (χ2v) is 8.28. The largest absolute Gasteiger partial charge is 0.486 e. The lowest BCUT2D eigenvalue weighted by Crippen LogP contribution is -2.34. The van der Waals surface area contributed by atoms with Crippen molar-refractivity contribution in [3.8, 4) is 22.9 Å². The molecule has 182 valence electrons. The molecule has 9 nitrogen and oxygen atoms in total. The Morgan fingerprint density at radius 2 is 1.89 bits per heavy atom. The molecule has 2 aromatic carbocycles. The normalized spacial score (nSPS) is 16.7. The number of nitrogens with zero attached hydrogens (tertiary/aromatic N) is 3. The number of ether oxygens (including phenoxy) is 4. The number of hydrogen-bond acceptors (Lipinski definition) is 7. The molecule has 1 atom stereocenters. The Morgan fingerprint density at radius 3 is 2.69 bits per heavy atom. The van der Waals surface area contributed by atoms with Crippen molar-refractivity contribution in [3.05, 3.63) is 66.0 Å². The van der Waals surface area contributed by atoms with Gasteiger partial charge < -0.3 is 23.8 Å². The summed E-state index contributed by atoms with van der Waals surface area (Å²) in [5, 5.41) is 4.34. The summed E-state index contributed by atoms with van der Waals surface area (Å²) >= 11 is 0. The molecular formula is C26H27N3O6. The predicted octanol–water partition coefficient (Wildman–Crippen LogP) is 3.56. The van der Waals surface area contributed by atoms with Crippen LogP contribution in [0.4, 0.5) is 0 Å². The van der Waals surface area contributed by atoms with Crippen LogP contribution in [-0.4, -0.2) is 59.5 Å². The van der Waals surface area contributed by atoms with E-state index in [0.717, 1.165) is 29.8 Å². The Labute approximate surface area is 203 Å². The molecule has 2 aliphatic rings. The lowest BCUT2D eigenvalue weighted by atomic mass is 10.0. The molecule has 1 aromatic heterocycles. The highest BCUT2D eigenvalue weighted by molar-refractivity contribution is 5.90. The molecule has 0 N–H and O–H groups in total. The summed E-state index contributed by atoms with van der Waals surface area (Å²) in [6, 6.07) is 15.1. The van der Waals surface area contributed by atoms with Crippen LogP contribution in [0.5, 0.6) is 17.2 Å². The van der Waals surface area contributed by atoms with Crippen molar-refractivity contribution < 1.29 is 28.5 Å². The molecule has 2 aliphatic heterocycles. The quantitative estimate of drug-likeness (QED) is 0.481. The Morgan fingerprint density at radius 1 is 1.09 bits per heavy atom. The van der Waals surface area contributed by atoms with Crippen LogP contribution < -0.4 is 14.2 Å². The monoisotopic (exact) mass is 477 g/mol. The van der Waals surface area contributed by atoms with E-state index in [2.05, 4.69) is 5.10 Å². The minimum atomic E-state index is -0.597. The van der Waals surface area contributed by atoms with Gasteiger partial charge in [0.05, 0.1) is 24.5 Å². The molecule has 9 heteroatoms. The van der Waals surface area contributed by atoms with Crippen molar-refractivity contribution in [2.45, 2.75) is 25.8 Å². The zero-order valence-corrected chi connectivity index (χ0v) is 19.5. The summed E-state index contributed by atoms with van der Waals surface area (Å²) in [6.45, 7) is 3.40. The fourth-order valence-electron chi connectivity index (χ4n) is 4.42. The smallest absolute Gasteiger partial charge is 0.362 e. The molecule has 35 heavy (non-hydrogen) atoms. The second-order valence-electron chi connectivity index (χ2n) is 8.28. The van der Waals surface area contributed by atoms with Gasteiger partial charge in [-0.1, -0.05) is 24.3 Å². The van der Waals surface area contributed by atoms with Crippen molar-refractivity contribution in [1.29, 1.82) is 0 Å². The standard InChI is InChI=1S/C26H27N3O6/c1-2-32-26(31)25-23(16-29(27-25)19-7-4-3-5-8-19)35-17-24(30)28-12-6-9-20(28)18-10-11-21-22(15-18)34-14-13-33-21/h3-5,7-8,10-11,15-16,20H,2,6,9,12-14,17H2,1H3. The maximum absolute atomic E-state index is 13.2. The summed E-state index contributed by atoms with van der Waals surface area (Å²) in [4.78, 5) is 27.5. The zero-order chi connectivity index (χ0) is 24.2. The van der Waals surface area contributed by atoms with E-state index >= 15 is 0 Å². The van der Waals surface area contributed by atoms with Crippen LogP contribution in [0.25, 0.3) is 5.69 Å². The van der Waals surface area contributed by atoms with Crippen molar-refractivity contribution in [2.24, 2.45) is 0 Å². The average Bonchev–Trinajstić information content (AvgIpc) is 3.56. The number of amides is 1. The van der Waals surface area contributed by atoms with Crippen LogP contribution in [0.1, 0.15) is 41.9 Å². The molecule has 3 aromatic rings. The van der Waals surface area contributed by atoms with E-state index in [-0.39, 0.29) is 36.6 Å². The highest BCUT2D eigenvalue weighted by Gasteiger charge is 2.31. The summed E-state index contributed by atoms with van der Waals surface area (Å²) in [7, 11) is 0. The van der Waals surface area contributed by atoms with Gasteiger partial charge in [0.25, 0.3) is 5.91 Å². The Hall–Kier alpha value is -4.01. The fourth-order valence-corrected chi connectivity index (χ4v) is 4.42. The van der Waals surface area contributed by atoms with E-state index in [1.54, 1.807) is 17.8 Å².